The molecule has 0 saturated heterocycles. The molecule has 0 fully saturated rings. The molecule has 1 unspecified atom stereocenters. The minimum absolute atomic E-state index is 0.00287. The monoisotopic (exact) mass is 238 g/mol. The lowest BCUT2D eigenvalue weighted by Gasteiger charge is -2.28. The summed E-state index contributed by atoms with van der Waals surface area (Å²) in [6.07, 6.45) is 2.17. The summed E-state index contributed by atoms with van der Waals surface area (Å²) >= 11 is 0. The highest BCUT2D eigenvalue weighted by Gasteiger charge is 2.27. The van der Waals surface area contributed by atoms with Crippen molar-refractivity contribution >= 4 is 5.91 Å². The fraction of sp³-hybridized carbons (Fsp3) is 0.857. The molecule has 3 nitrogen and oxygen atoms in total. The molecule has 98 valence electrons. The smallest absolute Gasteiger partial charge is 0.240 e. The summed E-state index contributed by atoms with van der Waals surface area (Å²) in [5.41, 5.74) is 0. The lowest BCUT2D eigenvalue weighted by molar-refractivity contribution is -0.135. The molecular formula is C14H26N2O. The van der Waals surface area contributed by atoms with Gasteiger partial charge in [0.15, 0.2) is 0 Å². The van der Waals surface area contributed by atoms with E-state index in [1.54, 1.807) is 0 Å². The quantitative estimate of drug-likeness (QED) is 0.684. The van der Waals surface area contributed by atoms with Gasteiger partial charge in [0.05, 0.1) is 6.07 Å². The molecular weight excluding hydrogens is 212 g/mol. The Morgan fingerprint density at radius 2 is 1.76 bits per heavy atom. The van der Waals surface area contributed by atoms with Crippen LogP contribution in [0, 0.1) is 29.1 Å². The van der Waals surface area contributed by atoms with E-state index in [0.29, 0.717) is 12.5 Å². The molecule has 1 amide bonds. The summed E-state index contributed by atoms with van der Waals surface area (Å²) in [6.45, 7) is 11.6. The molecule has 1 atom stereocenters. The Bertz CT molecular complexity index is 264. The van der Waals surface area contributed by atoms with Crippen LogP contribution >= 0.6 is 0 Å². The van der Waals surface area contributed by atoms with E-state index in [1.165, 1.54) is 0 Å². The van der Waals surface area contributed by atoms with Crippen LogP contribution in [0.25, 0.3) is 0 Å². The summed E-state index contributed by atoms with van der Waals surface area (Å²) in [7, 11) is 0. The van der Waals surface area contributed by atoms with Gasteiger partial charge in [-0.3, -0.25) is 4.79 Å². The van der Waals surface area contributed by atoms with Gasteiger partial charge in [-0.1, -0.05) is 40.5 Å². The first-order chi connectivity index (χ1) is 8.01. The second-order valence-corrected chi connectivity index (χ2v) is 4.91. The zero-order valence-corrected chi connectivity index (χ0v) is 11.9. The number of nitriles is 1. The molecule has 17 heavy (non-hydrogen) atoms. The molecule has 0 aromatic heterocycles. The van der Waals surface area contributed by atoms with Crippen LogP contribution in [0.2, 0.25) is 0 Å². The number of amides is 1. The van der Waals surface area contributed by atoms with Crippen molar-refractivity contribution < 1.29 is 4.79 Å². The van der Waals surface area contributed by atoms with Gasteiger partial charge in [0, 0.05) is 13.1 Å². The molecule has 0 radical (unpaired) electrons. The van der Waals surface area contributed by atoms with Crippen molar-refractivity contribution in [2.45, 2.75) is 47.5 Å². The van der Waals surface area contributed by atoms with E-state index in [1.807, 2.05) is 25.7 Å². The Hall–Kier alpha value is -1.04. The lowest BCUT2D eigenvalue weighted by Crippen LogP contribution is -2.40. The summed E-state index contributed by atoms with van der Waals surface area (Å²) < 4.78 is 0. The highest BCUT2D eigenvalue weighted by molar-refractivity contribution is 5.81. The molecule has 0 rings (SSSR count). The first-order valence-electron chi connectivity index (χ1n) is 6.70. The van der Waals surface area contributed by atoms with Crippen LogP contribution in [0.1, 0.15) is 47.5 Å². The standard InChI is InChI=1S/C14H26N2O/c1-6-12(7-2)10-16(8-3)14(17)13(9-15)11(4)5/h11-13H,6-8,10H2,1-5H3. The maximum Gasteiger partial charge on any atom is 0.240 e. The second-order valence-electron chi connectivity index (χ2n) is 4.91. The summed E-state index contributed by atoms with van der Waals surface area (Å²) in [4.78, 5) is 14.1. The Balaban J connectivity index is 4.65. The fourth-order valence-electron chi connectivity index (χ4n) is 1.92. The van der Waals surface area contributed by atoms with Gasteiger partial charge in [-0.15, -0.1) is 0 Å². The average molecular weight is 238 g/mol. The van der Waals surface area contributed by atoms with E-state index in [-0.39, 0.29) is 11.8 Å². The predicted octanol–water partition coefficient (Wildman–Crippen LogP) is 3.07. The summed E-state index contributed by atoms with van der Waals surface area (Å²) in [6, 6.07) is 2.13. The van der Waals surface area contributed by atoms with Crippen LogP contribution in [0.3, 0.4) is 0 Å². The first-order valence-corrected chi connectivity index (χ1v) is 6.70. The topological polar surface area (TPSA) is 44.1 Å². The molecule has 3 heteroatoms. The first kappa shape index (κ1) is 16.0. The molecule has 0 aliphatic carbocycles. The van der Waals surface area contributed by atoms with Gasteiger partial charge >= 0.3 is 0 Å². The number of hydrogen-bond acceptors (Lipinski definition) is 2. The van der Waals surface area contributed by atoms with Gasteiger partial charge in [0.2, 0.25) is 5.91 Å². The molecule has 0 saturated carbocycles. The van der Waals surface area contributed by atoms with Crippen LogP contribution in [0.4, 0.5) is 0 Å². The van der Waals surface area contributed by atoms with E-state index in [4.69, 9.17) is 5.26 Å². The predicted molar refractivity (Wildman–Crippen MR) is 70.3 cm³/mol. The van der Waals surface area contributed by atoms with Crippen molar-refractivity contribution in [2.24, 2.45) is 17.8 Å². The molecule has 0 aromatic carbocycles. The van der Waals surface area contributed by atoms with Crippen molar-refractivity contribution in [2.75, 3.05) is 13.1 Å². The molecule has 0 aliphatic rings. The molecule has 0 bridgehead atoms. The fourth-order valence-corrected chi connectivity index (χ4v) is 1.92. The highest BCUT2D eigenvalue weighted by Crippen LogP contribution is 2.16. The van der Waals surface area contributed by atoms with Gasteiger partial charge in [0.25, 0.3) is 0 Å². The maximum absolute atomic E-state index is 12.2. The Kier molecular flexibility index (Phi) is 7.61. The van der Waals surface area contributed by atoms with Crippen molar-refractivity contribution in [3.8, 4) is 6.07 Å². The third kappa shape index (κ3) is 4.77. The van der Waals surface area contributed by atoms with E-state index >= 15 is 0 Å². The molecule has 0 aliphatic heterocycles. The Morgan fingerprint density at radius 1 is 1.24 bits per heavy atom. The van der Waals surface area contributed by atoms with E-state index in [9.17, 15) is 4.79 Å². The van der Waals surface area contributed by atoms with Crippen molar-refractivity contribution in [1.29, 1.82) is 5.26 Å². The van der Waals surface area contributed by atoms with Gasteiger partial charge in [-0.05, 0) is 18.8 Å². The minimum Gasteiger partial charge on any atom is -0.342 e. The molecule has 0 spiro atoms. The van der Waals surface area contributed by atoms with E-state index in [0.717, 1.165) is 19.4 Å². The average Bonchev–Trinajstić information content (AvgIpc) is 2.31. The second kappa shape index (κ2) is 8.11. The summed E-state index contributed by atoms with van der Waals surface area (Å²) in [5.74, 6) is 0.134. The van der Waals surface area contributed by atoms with Gasteiger partial charge in [0.1, 0.15) is 5.92 Å². The number of rotatable bonds is 7. The minimum atomic E-state index is -0.496. The van der Waals surface area contributed by atoms with Crippen LogP contribution in [-0.4, -0.2) is 23.9 Å². The zero-order chi connectivity index (χ0) is 13.4. The van der Waals surface area contributed by atoms with E-state index < -0.39 is 5.92 Å². The van der Waals surface area contributed by atoms with Gasteiger partial charge < -0.3 is 4.90 Å². The largest absolute Gasteiger partial charge is 0.342 e. The van der Waals surface area contributed by atoms with Crippen molar-refractivity contribution in [3.63, 3.8) is 0 Å². The van der Waals surface area contributed by atoms with Crippen LogP contribution < -0.4 is 0 Å². The number of hydrogen-bond donors (Lipinski definition) is 0. The Morgan fingerprint density at radius 3 is 2.06 bits per heavy atom. The molecule has 0 aromatic rings. The van der Waals surface area contributed by atoms with Crippen LogP contribution in [-0.2, 0) is 4.79 Å². The van der Waals surface area contributed by atoms with Gasteiger partial charge in [-0.25, -0.2) is 0 Å². The van der Waals surface area contributed by atoms with Crippen molar-refractivity contribution in [1.82, 2.24) is 4.90 Å². The van der Waals surface area contributed by atoms with Gasteiger partial charge in [-0.2, -0.15) is 5.26 Å². The third-order valence-electron chi connectivity index (χ3n) is 3.40. The van der Waals surface area contributed by atoms with Crippen molar-refractivity contribution in [3.05, 3.63) is 0 Å². The molecule has 0 heterocycles. The number of nitrogens with zero attached hydrogens (tertiary/aromatic N) is 2. The maximum atomic E-state index is 12.2. The Labute approximate surface area is 106 Å². The van der Waals surface area contributed by atoms with Crippen LogP contribution in [0.15, 0.2) is 0 Å². The zero-order valence-electron chi connectivity index (χ0n) is 11.9. The number of carbonyl (C=O) groups excluding carboxylic acids is 1. The lowest BCUT2D eigenvalue weighted by atomic mass is 9.95. The number of carbonyl (C=O) groups is 1. The normalized spacial score (nSPS) is 12.6. The van der Waals surface area contributed by atoms with E-state index in [2.05, 4.69) is 19.9 Å². The highest BCUT2D eigenvalue weighted by atomic mass is 16.2. The SMILES string of the molecule is CCC(CC)CN(CC)C(=O)C(C#N)C(C)C. The third-order valence-corrected chi connectivity index (χ3v) is 3.40. The molecule has 0 N–H and O–H groups in total. The summed E-state index contributed by atoms with van der Waals surface area (Å²) in [5, 5.41) is 9.06. The van der Waals surface area contributed by atoms with Crippen LogP contribution in [0.5, 0.6) is 0 Å².